The molecule has 0 bridgehead atoms. The second-order valence-electron chi connectivity index (χ2n) is 5.96. The van der Waals surface area contributed by atoms with E-state index in [1.165, 1.54) is 11.0 Å². The smallest absolute Gasteiger partial charge is 0.322 e. The summed E-state index contributed by atoms with van der Waals surface area (Å²) in [6.07, 6.45) is 1.58. The van der Waals surface area contributed by atoms with E-state index in [1.807, 2.05) is 19.1 Å². The third-order valence-corrected chi connectivity index (χ3v) is 4.36. The molecule has 1 atom stereocenters. The van der Waals surface area contributed by atoms with Gasteiger partial charge in [-0.3, -0.25) is 4.79 Å². The maximum Gasteiger partial charge on any atom is 0.322 e. The summed E-state index contributed by atoms with van der Waals surface area (Å²) in [5, 5.41) is 3.81. The van der Waals surface area contributed by atoms with Crippen LogP contribution in [0.1, 0.15) is 18.5 Å². The largest absolute Gasteiger partial charge is 0.328 e. The summed E-state index contributed by atoms with van der Waals surface area (Å²) in [7, 11) is 1.58. The van der Waals surface area contributed by atoms with E-state index in [0.29, 0.717) is 5.39 Å². The number of pyridine rings is 1. The van der Waals surface area contributed by atoms with E-state index in [-0.39, 0.29) is 17.3 Å². The normalized spacial score (nSPS) is 12.0. The van der Waals surface area contributed by atoms with Gasteiger partial charge in [-0.05, 0) is 36.1 Å². The van der Waals surface area contributed by atoms with Crippen molar-refractivity contribution in [1.29, 1.82) is 0 Å². The van der Waals surface area contributed by atoms with Crippen molar-refractivity contribution in [3.8, 4) is 0 Å². The first-order valence-corrected chi connectivity index (χ1v) is 7.97. The molecular formula is C19H17F2N3O2. The Morgan fingerprint density at radius 1 is 1.12 bits per heavy atom. The first kappa shape index (κ1) is 17.6. The summed E-state index contributed by atoms with van der Waals surface area (Å²) in [5.74, 6) is -2.02. The number of anilines is 1. The fraction of sp³-hybridized carbons (Fsp3) is 0.158. The summed E-state index contributed by atoms with van der Waals surface area (Å²) in [6.45, 7) is 1.81. The molecule has 0 aliphatic heterocycles. The van der Waals surface area contributed by atoms with E-state index in [2.05, 4.69) is 10.3 Å². The molecule has 0 saturated heterocycles. The van der Waals surface area contributed by atoms with Crippen LogP contribution in [0.15, 0.2) is 53.5 Å². The van der Waals surface area contributed by atoms with Gasteiger partial charge >= 0.3 is 6.03 Å². The van der Waals surface area contributed by atoms with Crippen LogP contribution in [-0.2, 0) is 0 Å². The highest BCUT2D eigenvalue weighted by atomic mass is 19.2. The highest BCUT2D eigenvalue weighted by molar-refractivity contribution is 5.90. The number of carbonyl (C=O) groups excluding carboxylic acids is 1. The van der Waals surface area contributed by atoms with Crippen molar-refractivity contribution in [2.75, 3.05) is 12.4 Å². The second kappa shape index (κ2) is 6.95. The van der Waals surface area contributed by atoms with Crippen molar-refractivity contribution in [1.82, 2.24) is 9.88 Å². The molecule has 1 aromatic heterocycles. The average molecular weight is 357 g/mol. The van der Waals surface area contributed by atoms with Crippen molar-refractivity contribution in [2.45, 2.75) is 13.0 Å². The highest BCUT2D eigenvalue weighted by Gasteiger charge is 2.20. The standard InChI is InChI=1S/C19H17F2N3O2/c1-11(15-10-22-18(25)14-6-4-3-5-13(14)15)24(2)19(26)23-12-7-8-16(20)17(21)9-12/h3-11H,1-2H3,(H,22,25)(H,23,26)/t11-/m1/s1. The van der Waals surface area contributed by atoms with E-state index in [0.717, 1.165) is 23.1 Å². The maximum atomic E-state index is 13.3. The number of hydrogen-bond acceptors (Lipinski definition) is 2. The highest BCUT2D eigenvalue weighted by Crippen LogP contribution is 2.25. The minimum Gasteiger partial charge on any atom is -0.328 e. The lowest BCUT2D eigenvalue weighted by Crippen LogP contribution is -2.34. The van der Waals surface area contributed by atoms with Gasteiger partial charge in [0, 0.05) is 30.4 Å². The molecule has 2 N–H and O–H groups in total. The van der Waals surface area contributed by atoms with Crippen molar-refractivity contribution < 1.29 is 13.6 Å². The van der Waals surface area contributed by atoms with Gasteiger partial charge in [0.2, 0.25) is 0 Å². The molecule has 0 unspecified atom stereocenters. The molecule has 7 heteroatoms. The number of urea groups is 1. The number of aromatic amines is 1. The van der Waals surface area contributed by atoms with E-state index >= 15 is 0 Å². The van der Waals surface area contributed by atoms with Gasteiger partial charge in [-0.15, -0.1) is 0 Å². The molecule has 0 aliphatic carbocycles. The lowest BCUT2D eigenvalue weighted by atomic mass is 10.0. The van der Waals surface area contributed by atoms with E-state index < -0.39 is 17.7 Å². The molecule has 0 saturated carbocycles. The Bertz CT molecular complexity index is 1030. The molecule has 0 aliphatic rings. The van der Waals surface area contributed by atoms with Crippen LogP contribution < -0.4 is 10.9 Å². The number of nitrogens with one attached hydrogen (secondary N) is 2. The van der Waals surface area contributed by atoms with Crippen LogP contribution in [0.5, 0.6) is 0 Å². The summed E-state index contributed by atoms with van der Waals surface area (Å²) < 4.78 is 26.3. The van der Waals surface area contributed by atoms with Gasteiger partial charge in [0.1, 0.15) is 0 Å². The van der Waals surface area contributed by atoms with Gasteiger partial charge in [-0.2, -0.15) is 0 Å². The molecule has 5 nitrogen and oxygen atoms in total. The average Bonchev–Trinajstić information content (AvgIpc) is 2.64. The SMILES string of the molecule is C[C@H](c1c[nH]c(=O)c2ccccc12)N(C)C(=O)Nc1ccc(F)c(F)c1. The maximum absolute atomic E-state index is 13.3. The molecule has 2 amide bonds. The third-order valence-electron chi connectivity index (χ3n) is 4.36. The van der Waals surface area contributed by atoms with E-state index in [1.54, 1.807) is 25.4 Å². The number of aromatic nitrogens is 1. The number of hydrogen-bond donors (Lipinski definition) is 2. The Hall–Kier alpha value is -3.22. The van der Waals surface area contributed by atoms with Gasteiger partial charge in [0.05, 0.1) is 6.04 Å². The van der Waals surface area contributed by atoms with Gasteiger partial charge in [-0.1, -0.05) is 18.2 Å². The van der Waals surface area contributed by atoms with Crippen molar-refractivity contribution in [3.63, 3.8) is 0 Å². The summed E-state index contributed by atoms with van der Waals surface area (Å²) in [6, 6.07) is 9.41. The van der Waals surface area contributed by atoms with Crippen molar-refractivity contribution in [3.05, 3.63) is 76.2 Å². The Morgan fingerprint density at radius 2 is 1.81 bits per heavy atom. The first-order valence-electron chi connectivity index (χ1n) is 7.97. The zero-order chi connectivity index (χ0) is 18.8. The number of nitrogens with zero attached hydrogens (tertiary/aromatic N) is 1. The lowest BCUT2D eigenvalue weighted by molar-refractivity contribution is 0.208. The molecule has 134 valence electrons. The quantitative estimate of drug-likeness (QED) is 0.743. The predicted molar refractivity (Wildman–Crippen MR) is 96.1 cm³/mol. The van der Waals surface area contributed by atoms with E-state index in [4.69, 9.17) is 0 Å². The second-order valence-corrected chi connectivity index (χ2v) is 5.96. The zero-order valence-electron chi connectivity index (χ0n) is 14.2. The molecule has 3 aromatic rings. The Morgan fingerprint density at radius 3 is 2.50 bits per heavy atom. The number of rotatable bonds is 3. The predicted octanol–water partition coefficient (Wildman–Crippen LogP) is 4.03. The van der Waals surface area contributed by atoms with Crippen LogP contribution in [0.4, 0.5) is 19.3 Å². The summed E-state index contributed by atoms with van der Waals surface area (Å²) in [5.41, 5.74) is 0.716. The minimum atomic E-state index is -1.04. The van der Waals surface area contributed by atoms with Crippen LogP contribution in [0, 0.1) is 11.6 Å². The van der Waals surface area contributed by atoms with Crippen molar-refractivity contribution >= 4 is 22.5 Å². The Labute approximate surface area is 148 Å². The molecule has 26 heavy (non-hydrogen) atoms. The number of benzene rings is 2. The third kappa shape index (κ3) is 3.28. The Kier molecular flexibility index (Phi) is 4.71. The molecule has 3 rings (SSSR count). The molecule has 0 radical (unpaired) electrons. The van der Waals surface area contributed by atoms with Crippen molar-refractivity contribution in [2.24, 2.45) is 0 Å². The fourth-order valence-corrected chi connectivity index (χ4v) is 2.75. The summed E-state index contributed by atoms with van der Waals surface area (Å²) >= 11 is 0. The van der Waals surface area contributed by atoms with Gasteiger partial charge in [0.25, 0.3) is 5.56 Å². The van der Waals surface area contributed by atoms with Crippen LogP contribution >= 0.6 is 0 Å². The van der Waals surface area contributed by atoms with Crippen LogP contribution in [0.25, 0.3) is 10.8 Å². The number of H-pyrrole nitrogens is 1. The molecule has 1 heterocycles. The number of halogens is 2. The monoisotopic (exact) mass is 357 g/mol. The van der Waals surface area contributed by atoms with Crippen LogP contribution in [0.2, 0.25) is 0 Å². The number of carbonyl (C=O) groups is 1. The van der Waals surface area contributed by atoms with Gasteiger partial charge in [0.15, 0.2) is 11.6 Å². The first-order chi connectivity index (χ1) is 12.4. The Balaban J connectivity index is 1.86. The topological polar surface area (TPSA) is 65.2 Å². The minimum absolute atomic E-state index is 0.152. The van der Waals surface area contributed by atoms with Crippen LogP contribution in [-0.4, -0.2) is 23.0 Å². The summed E-state index contributed by atoms with van der Waals surface area (Å²) in [4.78, 5) is 28.5. The van der Waals surface area contributed by atoms with E-state index in [9.17, 15) is 18.4 Å². The van der Waals surface area contributed by atoms with Gasteiger partial charge < -0.3 is 15.2 Å². The fourth-order valence-electron chi connectivity index (χ4n) is 2.75. The zero-order valence-corrected chi connectivity index (χ0v) is 14.2. The number of amides is 2. The molecular weight excluding hydrogens is 340 g/mol. The lowest BCUT2D eigenvalue weighted by Gasteiger charge is -2.26. The molecule has 0 spiro atoms. The molecule has 0 fully saturated rings. The number of fused-ring (bicyclic) bond motifs is 1. The molecule has 2 aromatic carbocycles. The van der Waals surface area contributed by atoms with Gasteiger partial charge in [-0.25, -0.2) is 13.6 Å². The van der Waals surface area contributed by atoms with Crippen LogP contribution in [0.3, 0.4) is 0 Å².